The van der Waals surface area contributed by atoms with Crippen LogP contribution >= 0.6 is 0 Å². The highest BCUT2D eigenvalue weighted by Gasteiger charge is 2.39. The van der Waals surface area contributed by atoms with Crippen LogP contribution in [0.4, 0.5) is 10.5 Å². The minimum absolute atomic E-state index is 0.0399. The molecular weight excluding hydrogens is 314 g/mol. The van der Waals surface area contributed by atoms with Gasteiger partial charge in [-0.2, -0.15) is 0 Å². The van der Waals surface area contributed by atoms with E-state index >= 15 is 0 Å². The molecule has 5 heteroatoms. The van der Waals surface area contributed by atoms with Gasteiger partial charge in [0.1, 0.15) is 0 Å². The van der Waals surface area contributed by atoms with Crippen molar-refractivity contribution in [3.05, 3.63) is 29.8 Å². The quantitative estimate of drug-likeness (QED) is 0.829. The third-order valence-corrected chi connectivity index (χ3v) is 5.86. The topological polar surface area (TPSA) is 61.4 Å². The maximum Gasteiger partial charge on any atom is 0.319 e. The van der Waals surface area contributed by atoms with E-state index in [0.717, 1.165) is 29.6 Å². The van der Waals surface area contributed by atoms with E-state index in [1.54, 1.807) is 11.8 Å². The lowest BCUT2D eigenvalue weighted by Gasteiger charge is -2.23. The van der Waals surface area contributed by atoms with Crippen LogP contribution in [0.15, 0.2) is 24.3 Å². The number of rotatable bonds is 6. The predicted molar refractivity (Wildman–Crippen MR) is 99.2 cm³/mol. The molecule has 3 rings (SSSR count). The van der Waals surface area contributed by atoms with Gasteiger partial charge in [0.15, 0.2) is 0 Å². The van der Waals surface area contributed by atoms with E-state index in [1.807, 2.05) is 31.2 Å². The fourth-order valence-corrected chi connectivity index (χ4v) is 4.45. The molecule has 0 radical (unpaired) electrons. The van der Waals surface area contributed by atoms with Gasteiger partial charge in [0, 0.05) is 32.2 Å². The number of nitrogens with one attached hydrogen (secondary N) is 2. The molecule has 3 amide bonds. The molecule has 2 N–H and O–H groups in total. The molecule has 2 saturated carbocycles. The monoisotopic (exact) mass is 343 g/mol. The van der Waals surface area contributed by atoms with Gasteiger partial charge < -0.3 is 15.5 Å². The molecule has 0 aromatic heterocycles. The molecule has 5 nitrogen and oxygen atoms in total. The van der Waals surface area contributed by atoms with Crippen LogP contribution < -0.4 is 10.6 Å². The summed E-state index contributed by atoms with van der Waals surface area (Å²) in [6.45, 7) is 5.46. The van der Waals surface area contributed by atoms with Gasteiger partial charge in [-0.15, -0.1) is 0 Å². The van der Waals surface area contributed by atoms with Gasteiger partial charge >= 0.3 is 6.03 Å². The molecule has 136 valence electrons. The maximum atomic E-state index is 12.3. The van der Waals surface area contributed by atoms with Crippen LogP contribution in [0.25, 0.3) is 0 Å². The lowest BCUT2D eigenvalue weighted by molar-refractivity contribution is -0.129. The SMILES string of the molecule is CCN(Cc1ccccc1NC(=O)NC[C@@H]1C[C@H]2CC[C@H]1C2)C(C)=O. The van der Waals surface area contributed by atoms with E-state index in [4.69, 9.17) is 0 Å². The highest BCUT2D eigenvalue weighted by atomic mass is 16.2. The highest BCUT2D eigenvalue weighted by molar-refractivity contribution is 5.90. The summed E-state index contributed by atoms with van der Waals surface area (Å²) in [5.41, 5.74) is 1.72. The lowest BCUT2D eigenvalue weighted by atomic mass is 9.89. The lowest BCUT2D eigenvalue weighted by Crippen LogP contribution is -2.35. The molecule has 0 spiro atoms. The van der Waals surface area contributed by atoms with Crippen molar-refractivity contribution >= 4 is 17.6 Å². The predicted octanol–water partition coefficient (Wildman–Crippen LogP) is 3.61. The van der Waals surface area contributed by atoms with Crippen molar-refractivity contribution < 1.29 is 9.59 Å². The Labute approximate surface area is 150 Å². The number of carbonyl (C=O) groups is 2. The second-order valence-electron chi connectivity index (χ2n) is 7.46. The van der Waals surface area contributed by atoms with Gasteiger partial charge in [0.2, 0.25) is 5.91 Å². The van der Waals surface area contributed by atoms with Crippen molar-refractivity contribution in [2.45, 2.75) is 46.1 Å². The Morgan fingerprint density at radius 2 is 2.00 bits per heavy atom. The van der Waals surface area contributed by atoms with Crippen LogP contribution in [0, 0.1) is 17.8 Å². The highest BCUT2D eigenvalue weighted by Crippen LogP contribution is 2.47. The first-order valence-electron chi connectivity index (χ1n) is 9.45. The fraction of sp³-hybridized carbons (Fsp3) is 0.600. The van der Waals surface area contributed by atoms with Crippen LogP contribution in [-0.4, -0.2) is 29.9 Å². The molecule has 2 aliphatic rings. The van der Waals surface area contributed by atoms with Crippen LogP contribution in [-0.2, 0) is 11.3 Å². The van der Waals surface area contributed by atoms with Crippen LogP contribution in [0.1, 0.15) is 45.1 Å². The van der Waals surface area contributed by atoms with Crippen molar-refractivity contribution in [2.24, 2.45) is 17.8 Å². The van der Waals surface area contributed by atoms with E-state index in [9.17, 15) is 9.59 Å². The molecule has 0 unspecified atom stereocenters. The number of nitrogens with zero attached hydrogens (tertiary/aromatic N) is 1. The van der Waals surface area contributed by atoms with Crippen molar-refractivity contribution in [3.63, 3.8) is 0 Å². The Kier molecular flexibility index (Phi) is 5.61. The minimum Gasteiger partial charge on any atom is -0.339 e. The molecule has 2 bridgehead atoms. The zero-order valence-corrected chi connectivity index (χ0v) is 15.3. The Balaban J connectivity index is 1.55. The Morgan fingerprint density at radius 3 is 2.64 bits per heavy atom. The summed E-state index contributed by atoms with van der Waals surface area (Å²) >= 11 is 0. The van der Waals surface area contributed by atoms with Crippen LogP contribution in [0.5, 0.6) is 0 Å². The summed E-state index contributed by atoms with van der Waals surface area (Å²) in [4.78, 5) is 25.7. The Hall–Kier alpha value is -2.04. The number of urea groups is 1. The van der Waals surface area contributed by atoms with Gasteiger partial charge in [-0.05, 0) is 55.6 Å². The van der Waals surface area contributed by atoms with Crippen molar-refractivity contribution in [1.29, 1.82) is 0 Å². The molecule has 0 aliphatic heterocycles. The molecule has 3 atom stereocenters. The number of para-hydroxylation sites is 1. The smallest absolute Gasteiger partial charge is 0.319 e. The van der Waals surface area contributed by atoms with E-state index in [2.05, 4.69) is 10.6 Å². The molecule has 0 saturated heterocycles. The van der Waals surface area contributed by atoms with Gasteiger partial charge in [-0.25, -0.2) is 4.79 Å². The number of carbonyl (C=O) groups excluding carboxylic acids is 2. The average molecular weight is 343 g/mol. The third kappa shape index (κ3) is 4.33. The van der Waals surface area contributed by atoms with Crippen molar-refractivity contribution in [3.8, 4) is 0 Å². The van der Waals surface area contributed by atoms with E-state index in [1.165, 1.54) is 25.7 Å². The number of hydrogen-bond acceptors (Lipinski definition) is 2. The normalized spacial score (nSPS) is 24.2. The molecule has 1 aromatic rings. The zero-order valence-electron chi connectivity index (χ0n) is 15.3. The second kappa shape index (κ2) is 7.89. The first-order valence-corrected chi connectivity index (χ1v) is 9.45. The summed E-state index contributed by atoms with van der Waals surface area (Å²) in [5, 5.41) is 6.00. The Bertz CT molecular complexity index is 631. The molecule has 1 aromatic carbocycles. The van der Waals surface area contributed by atoms with Crippen LogP contribution in [0.3, 0.4) is 0 Å². The number of fused-ring (bicyclic) bond motifs is 2. The molecule has 2 aliphatic carbocycles. The summed E-state index contributed by atoms with van der Waals surface area (Å²) in [6.07, 6.45) is 5.34. The van der Waals surface area contributed by atoms with E-state index in [-0.39, 0.29) is 11.9 Å². The Morgan fingerprint density at radius 1 is 1.20 bits per heavy atom. The zero-order chi connectivity index (χ0) is 17.8. The molecule has 25 heavy (non-hydrogen) atoms. The molecular formula is C20H29N3O2. The van der Waals surface area contributed by atoms with Crippen LogP contribution in [0.2, 0.25) is 0 Å². The van der Waals surface area contributed by atoms with E-state index in [0.29, 0.717) is 19.0 Å². The minimum atomic E-state index is -0.152. The first-order chi connectivity index (χ1) is 12.1. The van der Waals surface area contributed by atoms with Gasteiger partial charge in [0.05, 0.1) is 0 Å². The van der Waals surface area contributed by atoms with E-state index < -0.39 is 0 Å². The third-order valence-electron chi connectivity index (χ3n) is 5.86. The number of hydrogen-bond donors (Lipinski definition) is 2. The first kappa shape index (κ1) is 17.8. The van der Waals surface area contributed by atoms with Gasteiger partial charge in [-0.3, -0.25) is 4.79 Å². The summed E-state index contributed by atoms with van der Waals surface area (Å²) < 4.78 is 0. The molecule has 2 fully saturated rings. The largest absolute Gasteiger partial charge is 0.339 e. The standard InChI is InChI=1S/C20H29N3O2/c1-3-23(14(2)24)13-17-6-4-5-7-19(17)22-20(25)21-12-18-11-15-8-9-16(18)10-15/h4-7,15-16,18H,3,8-13H2,1-2H3,(H2,21,22,25)/t15-,16-,18-/m0/s1. The fourth-order valence-electron chi connectivity index (χ4n) is 4.45. The van der Waals surface area contributed by atoms with Gasteiger partial charge in [0.25, 0.3) is 0 Å². The summed E-state index contributed by atoms with van der Waals surface area (Å²) in [5.74, 6) is 2.39. The average Bonchev–Trinajstić information content (AvgIpc) is 3.22. The second-order valence-corrected chi connectivity index (χ2v) is 7.46. The number of amides is 3. The van der Waals surface area contributed by atoms with Gasteiger partial charge in [-0.1, -0.05) is 24.6 Å². The summed E-state index contributed by atoms with van der Waals surface area (Å²) in [6, 6.07) is 7.53. The van der Waals surface area contributed by atoms with Crippen molar-refractivity contribution in [1.82, 2.24) is 10.2 Å². The number of anilines is 1. The number of benzene rings is 1. The molecule has 0 heterocycles. The van der Waals surface area contributed by atoms with Crippen molar-refractivity contribution in [2.75, 3.05) is 18.4 Å². The maximum absolute atomic E-state index is 12.3. The summed E-state index contributed by atoms with van der Waals surface area (Å²) in [7, 11) is 0.